The number of rotatable bonds is 22. The number of carbonyl (C=O) groups is 5. The van der Waals surface area contributed by atoms with Crippen LogP contribution in [-0.4, -0.2) is 158 Å². The summed E-state index contributed by atoms with van der Waals surface area (Å²) in [5.74, 6) is -3.30. The van der Waals surface area contributed by atoms with Crippen molar-refractivity contribution >= 4 is 141 Å². The van der Waals surface area contributed by atoms with Crippen LogP contribution in [0.4, 0.5) is 49.6 Å². The SMILES string of the molecule is CN[C@@H](C)C(=O)NCCO.C[C@@]1(Cc2ccc(OC(F)(F)F)cc2)C(=O)N(c2cc(Cl)cc(Cl)c2)c2ncc(S(=O)(=O)Cl)n21.C[C@H](N)C(=O)NCCO.C[C@H](NS(=O)(=O)c1cnc2n1[C@](C)(Cc1ccc(OC(F)(F)F)cc1)C(=O)N2c1cc(Cl)cc(Cl)c1)C(=O)NCCO.Cl. The molecule has 0 spiro atoms. The zero-order valence-electron chi connectivity index (χ0n) is 51.1. The van der Waals surface area contributed by atoms with Crippen molar-refractivity contribution < 1.29 is 91.9 Å². The maximum atomic E-state index is 14.1. The van der Waals surface area contributed by atoms with Crippen LogP contribution in [0.25, 0.3) is 0 Å². The molecule has 5 atom stereocenters. The van der Waals surface area contributed by atoms with Gasteiger partial charge in [0.1, 0.15) is 22.6 Å². The molecule has 6 aromatic rings. The first-order valence-electron chi connectivity index (χ1n) is 27.7. The standard InChI is InChI=1S/C25H24Cl2F3N5O6S.C20H13Cl3F3N3O4S.C6H14N2O2.C5H12N2O2.ClH/c1-14(21(37)31-7-8-36)33-42(39,40)20-13-32-23-34(18-10-16(26)9-17(27)11-18)22(38)24(2,35(20)23)12-15-3-5-19(6-4-15)41-25(28,29)30;1-19(9-11-2-4-15(5-3-11)33-20(24,25)26)17(30)28(14-7-12(21)6-13(22)8-14)18-27-10-16(29(18)19)34(23,31)32;1-5(7-2)6(10)8-3-4-9;1-4(6)5(9)7-2-3-8;/h3-6,9-11,13-14,33,36H,7-8,12H2,1-2H3,(H,31,37);2-8,10H,9H2,1H3;5,7,9H,3-4H2,1-2H3,(H,8,10);4,8H,2-3,6H2,1H3,(H,7,9);1H/t14-,24+;19-;5-;4-;/m0100./s1. The molecule has 2 aromatic heterocycles. The average molecular weight is 1520 g/mol. The Morgan fingerprint density at radius 3 is 1.25 bits per heavy atom. The van der Waals surface area contributed by atoms with Crippen molar-refractivity contribution in [2.24, 2.45) is 5.73 Å². The van der Waals surface area contributed by atoms with Gasteiger partial charge in [0.15, 0.2) is 10.1 Å². The van der Waals surface area contributed by atoms with Gasteiger partial charge in [-0.2, -0.15) is 4.72 Å². The first-order valence-corrected chi connectivity index (χ1v) is 33.0. The second-order valence-electron chi connectivity index (χ2n) is 20.9. The van der Waals surface area contributed by atoms with E-state index in [-0.39, 0.29) is 119 Å². The molecule has 40 heteroatoms. The van der Waals surface area contributed by atoms with Crippen molar-refractivity contribution in [3.8, 4) is 11.5 Å². The largest absolute Gasteiger partial charge is 0.573 e. The second-order valence-corrected chi connectivity index (χ2v) is 26.8. The van der Waals surface area contributed by atoms with Gasteiger partial charge in [0.25, 0.3) is 30.9 Å². The summed E-state index contributed by atoms with van der Waals surface area (Å²) in [6.07, 6.45) is -8.01. The van der Waals surface area contributed by atoms with E-state index in [0.717, 1.165) is 46.5 Å². The number of anilines is 4. The maximum absolute atomic E-state index is 14.1. The predicted octanol–water partition coefficient (Wildman–Crippen LogP) is 6.72. The minimum absolute atomic E-state index is 0. The van der Waals surface area contributed by atoms with Gasteiger partial charge in [0, 0.05) is 63.2 Å². The highest BCUT2D eigenvalue weighted by molar-refractivity contribution is 8.13. The van der Waals surface area contributed by atoms with Crippen molar-refractivity contribution in [1.82, 2.24) is 45.1 Å². The number of aromatic nitrogens is 4. The van der Waals surface area contributed by atoms with Crippen molar-refractivity contribution in [2.45, 2.75) is 99.4 Å². The third-order valence-electron chi connectivity index (χ3n) is 13.5. The lowest BCUT2D eigenvalue weighted by molar-refractivity contribution is -0.275. The number of nitrogens with two attached hydrogens (primary N) is 1. The summed E-state index contributed by atoms with van der Waals surface area (Å²) in [5, 5.41) is 35.6. The first kappa shape index (κ1) is 81.7. The number of aliphatic hydroxyl groups is 3. The molecule has 5 amide bonds. The van der Waals surface area contributed by atoms with Gasteiger partial charge in [-0.3, -0.25) is 33.1 Å². The second kappa shape index (κ2) is 34.1. The highest BCUT2D eigenvalue weighted by Gasteiger charge is 2.53. The van der Waals surface area contributed by atoms with Crippen LogP contribution in [0.3, 0.4) is 0 Å². The Hall–Kier alpha value is -6.77. The maximum Gasteiger partial charge on any atom is 0.573 e. The van der Waals surface area contributed by atoms with E-state index in [0.29, 0.717) is 17.7 Å². The third-order valence-corrected chi connectivity index (χ3v) is 17.1. The number of hydrogen-bond acceptors (Lipinski definition) is 18. The van der Waals surface area contributed by atoms with Crippen LogP contribution in [0, 0.1) is 0 Å². The summed E-state index contributed by atoms with van der Waals surface area (Å²) in [6.45, 7) is 7.66. The number of imidazole rings is 2. The molecule has 4 heterocycles. The Morgan fingerprint density at radius 2 is 0.927 bits per heavy atom. The van der Waals surface area contributed by atoms with E-state index in [2.05, 4.69) is 45.4 Å². The van der Waals surface area contributed by atoms with Gasteiger partial charge >= 0.3 is 12.7 Å². The summed E-state index contributed by atoms with van der Waals surface area (Å²) < 4.78 is 139. The molecule has 26 nitrogen and oxygen atoms in total. The number of sulfonamides is 1. The number of halogens is 12. The van der Waals surface area contributed by atoms with Crippen LogP contribution in [0.2, 0.25) is 20.1 Å². The number of aliphatic hydroxyl groups excluding tert-OH is 3. The number of nitrogens with one attached hydrogen (secondary N) is 5. The van der Waals surface area contributed by atoms with Crippen LogP contribution in [-0.2, 0) is 67.0 Å². The van der Waals surface area contributed by atoms with E-state index in [9.17, 15) is 67.2 Å². The lowest BCUT2D eigenvalue weighted by Crippen LogP contribution is -2.47. The number of ether oxygens (including phenoxy) is 2. The predicted molar refractivity (Wildman–Crippen MR) is 345 cm³/mol. The summed E-state index contributed by atoms with van der Waals surface area (Å²) >= 11 is 24.5. The molecule has 96 heavy (non-hydrogen) atoms. The molecule has 0 radical (unpaired) electrons. The highest BCUT2D eigenvalue weighted by Crippen LogP contribution is 2.47. The summed E-state index contributed by atoms with van der Waals surface area (Å²) in [7, 11) is -1.50. The molecular weight excluding hydrogens is 1460 g/mol. The van der Waals surface area contributed by atoms with Gasteiger partial charge in [0.2, 0.25) is 29.6 Å². The Labute approximate surface area is 576 Å². The number of fused-ring (bicyclic) bond motifs is 2. The normalized spacial score (nSPS) is 16.8. The van der Waals surface area contributed by atoms with Crippen LogP contribution >= 0.6 is 69.5 Å². The Bertz CT molecular complexity index is 3920. The van der Waals surface area contributed by atoms with Gasteiger partial charge in [-0.05, 0) is 113 Å². The summed E-state index contributed by atoms with van der Waals surface area (Å²) in [5.41, 5.74) is 3.17. The molecule has 0 unspecified atom stereocenters. The quantitative estimate of drug-likeness (QED) is 0.0251. The molecule has 0 saturated carbocycles. The smallest absolute Gasteiger partial charge is 0.406 e. The van der Waals surface area contributed by atoms with E-state index < -0.39 is 94.2 Å². The number of likely N-dealkylation sites (N-methyl/N-ethyl adjacent to an activating group) is 1. The minimum atomic E-state index is -4.90. The number of nitrogens with zero attached hydrogens (tertiary/aromatic N) is 6. The Balaban J connectivity index is 0.000000322. The van der Waals surface area contributed by atoms with E-state index >= 15 is 0 Å². The monoisotopic (exact) mass is 1520 g/mol. The van der Waals surface area contributed by atoms with E-state index in [1.54, 1.807) is 20.9 Å². The Kier molecular flexibility index (Phi) is 29.0. The number of carbonyl (C=O) groups excluding carboxylic acids is 5. The third kappa shape index (κ3) is 21.4. The molecular formula is C56H64Cl6F6N12O14S2. The molecule has 0 aliphatic carbocycles. The van der Waals surface area contributed by atoms with Crippen molar-refractivity contribution in [1.29, 1.82) is 0 Å². The number of alkyl halides is 6. The van der Waals surface area contributed by atoms with Crippen molar-refractivity contribution in [2.75, 3.05) is 56.3 Å². The lowest BCUT2D eigenvalue weighted by Gasteiger charge is -2.27. The van der Waals surface area contributed by atoms with Crippen molar-refractivity contribution in [3.63, 3.8) is 0 Å². The zero-order valence-corrected chi connectivity index (χ0v) is 57.3. The zero-order chi connectivity index (χ0) is 71.3. The molecule has 0 bridgehead atoms. The fraction of sp³-hybridized carbons (Fsp3) is 0.375. The van der Waals surface area contributed by atoms with Crippen LogP contribution in [0.1, 0.15) is 45.7 Å². The van der Waals surface area contributed by atoms with E-state index in [4.69, 9.17) is 78.1 Å². The first-order chi connectivity index (χ1) is 44.1. The summed E-state index contributed by atoms with van der Waals surface area (Å²) in [6, 6.07) is 16.3. The number of hydrogen-bond donors (Lipinski definition) is 9. The molecule has 4 aromatic carbocycles. The molecule has 0 fully saturated rings. The average Bonchev–Trinajstić information content (AvgIpc) is 1.56. The van der Waals surface area contributed by atoms with Gasteiger partial charge in [-0.15, -0.1) is 38.7 Å². The van der Waals surface area contributed by atoms with Crippen LogP contribution in [0.15, 0.2) is 107 Å². The van der Waals surface area contributed by atoms with Gasteiger partial charge in [-0.25, -0.2) is 36.6 Å². The van der Waals surface area contributed by atoms with Crippen LogP contribution < -0.4 is 51.0 Å². The fourth-order valence-electron chi connectivity index (χ4n) is 9.12. The van der Waals surface area contributed by atoms with Gasteiger partial charge in [0.05, 0.1) is 61.7 Å². The number of benzene rings is 4. The van der Waals surface area contributed by atoms with Crippen LogP contribution in [0.5, 0.6) is 11.5 Å². The lowest BCUT2D eigenvalue weighted by atomic mass is 9.92. The summed E-state index contributed by atoms with van der Waals surface area (Å²) in [4.78, 5) is 72.0. The topological polar surface area (TPSA) is 361 Å². The molecule has 2 aliphatic rings. The Morgan fingerprint density at radius 1 is 0.594 bits per heavy atom. The van der Waals surface area contributed by atoms with E-state index in [1.165, 1.54) is 90.6 Å². The molecule has 2 aliphatic heterocycles. The molecule has 8 rings (SSSR count). The fourth-order valence-corrected chi connectivity index (χ4v) is 12.6. The number of amides is 5. The van der Waals surface area contributed by atoms with Crippen molar-refractivity contribution in [3.05, 3.63) is 129 Å². The highest BCUT2D eigenvalue weighted by atomic mass is 35.7. The molecule has 0 saturated heterocycles. The van der Waals surface area contributed by atoms with Gasteiger partial charge in [-0.1, -0.05) is 70.7 Å². The van der Waals surface area contributed by atoms with E-state index in [1.807, 2.05) is 0 Å². The molecule has 528 valence electrons. The minimum Gasteiger partial charge on any atom is -0.406 e. The molecule has 10 N–H and O–H groups in total. The van der Waals surface area contributed by atoms with Gasteiger partial charge < -0.3 is 51.8 Å².